The van der Waals surface area contributed by atoms with Crippen molar-refractivity contribution in [1.29, 1.82) is 0 Å². The van der Waals surface area contributed by atoms with Crippen LogP contribution in [0.4, 0.5) is 0 Å². The van der Waals surface area contributed by atoms with E-state index in [1.54, 1.807) is 0 Å². The molecule has 0 unspecified atom stereocenters. The minimum Gasteiger partial charge on any atom is -0.493 e. The van der Waals surface area contributed by atoms with Crippen LogP contribution in [0.1, 0.15) is 18.4 Å². The lowest BCUT2D eigenvalue weighted by atomic mass is 10.2. The second-order valence-electron chi connectivity index (χ2n) is 5.33. The number of hydrogen-bond donors (Lipinski definition) is 2. The number of carbonyl (C=O) groups is 1. The Labute approximate surface area is 142 Å². The zero-order chi connectivity index (χ0) is 17.0. The van der Waals surface area contributed by atoms with Crippen molar-refractivity contribution < 1.29 is 19.4 Å². The molecule has 0 saturated heterocycles. The molecule has 0 radical (unpaired) electrons. The van der Waals surface area contributed by atoms with Gasteiger partial charge in [0.15, 0.2) is 0 Å². The Bertz CT molecular complexity index is 616. The van der Waals surface area contributed by atoms with Crippen molar-refractivity contribution in [2.24, 2.45) is 0 Å². The zero-order valence-corrected chi connectivity index (χ0v) is 13.6. The molecule has 0 saturated carbocycles. The molecule has 0 aliphatic rings. The van der Waals surface area contributed by atoms with E-state index >= 15 is 0 Å². The van der Waals surface area contributed by atoms with Gasteiger partial charge >= 0.3 is 5.97 Å². The third kappa shape index (κ3) is 7.15. The SMILES string of the molecule is O=C(O)CCNCc1cccc(OCCCOc2ccccc2)c1. The summed E-state index contributed by atoms with van der Waals surface area (Å²) in [6.45, 7) is 2.28. The highest BCUT2D eigenvalue weighted by Gasteiger charge is 2.00. The maximum Gasteiger partial charge on any atom is 0.304 e. The van der Waals surface area contributed by atoms with Gasteiger partial charge in [0.1, 0.15) is 11.5 Å². The molecule has 0 aliphatic carbocycles. The molecular formula is C19H23NO4. The molecule has 0 aromatic heterocycles. The van der Waals surface area contributed by atoms with Crippen LogP contribution in [-0.2, 0) is 11.3 Å². The van der Waals surface area contributed by atoms with E-state index < -0.39 is 5.97 Å². The van der Waals surface area contributed by atoms with Crippen LogP contribution in [0.15, 0.2) is 54.6 Å². The number of carboxylic acid groups (broad SMARTS) is 1. The van der Waals surface area contributed by atoms with E-state index in [4.69, 9.17) is 14.6 Å². The molecule has 0 amide bonds. The third-order valence-corrected chi connectivity index (χ3v) is 3.31. The van der Waals surface area contributed by atoms with Crippen molar-refractivity contribution in [3.05, 3.63) is 60.2 Å². The van der Waals surface area contributed by atoms with E-state index in [1.165, 1.54) is 0 Å². The van der Waals surface area contributed by atoms with Crippen LogP contribution in [0.25, 0.3) is 0 Å². The van der Waals surface area contributed by atoms with Crippen LogP contribution in [0.3, 0.4) is 0 Å². The lowest BCUT2D eigenvalue weighted by molar-refractivity contribution is -0.136. The second kappa shape index (κ2) is 10.3. The first-order chi connectivity index (χ1) is 11.7. The fourth-order valence-electron chi connectivity index (χ4n) is 2.13. The van der Waals surface area contributed by atoms with Crippen molar-refractivity contribution in [3.63, 3.8) is 0 Å². The molecule has 2 aromatic carbocycles. The van der Waals surface area contributed by atoms with Gasteiger partial charge in [0.25, 0.3) is 0 Å². The highest BCUT2D eigenvalue weighted by atomic mass is 16.5. The van der Waals surface area contributed by atoms with Crippen molar-refractivity contribution in [1.82, 2.24) is 5.32 Å². The lowest BCUT2D eigenvalue weighted by Crippen LogP contribution is -2.17. The summed E-state index contributed by atoms with van der Waals surface area (Å²) in [5.41, 5.74) is 1.07. The summed E-state index contributed by atoms with van der Waals surface area (Å²) in [5.74, 6) is 0.886. The predicted molar refractivity (Wildman–Crippen MR) is 92.5 cm³/mol. The second-order valence-corrected chi connectivity index (χ2v) is 5.33. The van der Waals surface area contributed by atoms with E-state index in [-0.39, 0.29) is 6.42 Å². The third-order valence-electron chi connectivity index (χ3n) is 3.31. The van der Waals surface area contributed by atoms with Crippen LogP contribution in [0, 0.1) is 0 Å². The molecule has 0 fully saturated rings. The standard InChI is InChI=1S/C19H23NO4/c21-19(22)10-11-20-15-16-6-4-9-18(14-16)24-13-5-12-23-17-7-2-1-3-8-17/h1-4,6-9,14,20H,5,10-13,15H2,(H,21,22). The molecule has 128 valence electrons. The van der Waals surface area contributed by atoms with Gasteiger partial charge < -0.3 is 19.9 Å². The fraction of sp³-hybridized carbons (Fsp3) is 0.316. The minimum absolute atomic E-state index is 0.123. The molecule has 0 atom stereocenters. The molecule has 2 N–H and O–H groups in total. The highest BCUT2D eigenvalue weighted by Crippen LogP contribution is 2.14. The van der Waals surface area contributed by atoms with E-state index in [1.807, 2.05) is 54.6 Å². The molecule has 0 bridgehead atoms. The first-order valence-electron chi connectivity index (χ1n) is 8.06. The van der Waals surface area contributed by atoms with E-state index in [2.05, 4.69) is 5.32 Å². The van der Waals surface area contributed by atoms with Crippen LogP contribution in [-0.4, -0.2) is 30.8 Å². The average molecular weight is 329 g/mol. The largest absolute Gasteiger partial charge is 0.493 e. The van der Waals surface area contributed by atoms with Crippen LogP contribution >= 0.6 is 0 Å². The summed E-state index contributed by atoms with van der Waals surface area (Å²) in [5, 5.41) is 11.7. The molecule has 0 spiro atoms. The maximum atomic E-state index is 10.5. The van der Waals surface area contributed by atoms with Crippen molar-refractivity contribution >= 4 is 5.97 Å². The van der Waals surface area contributed by atoms with Crippen molar-refractivity contribution in [2.45, 2.75) is 19.4 Å². The number of nitrogens with one attached hydrogen (secondary N) is 1. The Morgan fingerprint density at radius 3 is 2.42 bits per heavy atom. The molecule has 5 heteroatoms. The zero-order valence-electron chi connectivity index (χ0n) is 13.6. The molecule has 5 nitrogen and oxygen atoms in total. The first kappa shape index (κ1) is 17.8. The molecular weight excluding hydrogens is 306 g/mol. The Hall–Kier alpha value is -2.53. The molecule has 0 aliphatic heterocycles. The van der Waals surface area contributed by atoms with Crippen LogP contribution < -0.4 is 14.8 Å². The van der Waals surface area contributed by atoms with E-state index in [0.717, 1.165) is 23.5 Å². The summed E-state index contributed by atoms with van der Waals surface area (Å²) in [4.78, 5) is 10.5. The number of para-hydroxylation sites is 1. The summed E-state index contributed by atoms with van der Waals surface area (Å²) < 4.78 is 11.3. The van der Waals surface area contributed by atoms with Gasteiger partial charge in [-0.15, -0.1) is 0 Å². The van der Waals surface area contributed by atoms with Gasteiger partial charge in [0.05, 0.1) is 19.6 Å². The van der Waals surface area contributed by atoms with Gasteiger partial charge in [-0.3, -0.25) is 4.79 Å². The summed E-state index contributed by atoms with van der Waals surface area (Å²) in [6, 6.07) is 17.5. The first-order valence-corrected chi connectivity index (χ1v) is 8.06. The number of carboxylic acids is 1. The topological polar surface area (TPSA) is 67.8 Å². The summed E-state index contributed by atoms with van der Waals surface area (Å²) in [7, 11) is 0. The van der Waals surface area contributed by atoms with Gasteiger partial charge in [-0.25, -0.2) is 0 Å². The minimum atomic E-state index is -0.794. The summed E-state index contributed by atoms with van der Waals surface area (Å²) >= 11 is 0. The van der Waals surface area contributed by atoms with Crippen molar-refractivity contribution in [3.8, 4) is 11.5 Å². The Morgan fingerprint density at radius 1 is 0.958 bits per heavy atom. The molecule has 2 rings (SSSR count). The normalized spacial score (nSPS) is 10.3. The van der Waals surface area contributed by atoms with Crippen LogP contribution in [0.5, 0.6) is 11.5 Å². The van der Waals surface area contributed by atoms with Crippen molar-refractivity contribution in [2.75, 3.05) is 19.8 Å². The fourth-order valence-corrected chi connectivity index (χ4v) is 2.13. The van der Waals surface area contributed by atoms with E-state index in [9.17, 15) is 4.79 Å². The molecule has 2 aromatic rings. The number of ether oxygens (including phenoxy) is 2. The Balaban J connectivity index is 1.63. The Morgan fingerprint density at radius 2 is 1.67 bits per heavy atom. The smallest absolute Gasteiger partial charge is 0.304 e. The Kier molecular flexibility index (Phi) is 7.63. The van der Waals surface area contributed by atoms with E-state index in [0.29, 0.717) is 26.3 Å². The summed E-state index contributed by atoms with van der Waals surface area (Å²) in [6.07, 6.45) is 0.924. The van der Waals surface area contributed by atoms with Gasteiger partial charge in [-0.1, -0.05) is 30.3 Å². The maximum absolute atomic E-state index is 10.5. The number of aliphatic carboxylic acids is 1. The van der Waals surface area contributed by atoms with Gasteiger partial charge in [0.2, 0.25) is 0 Å². The quantitative estimate of drug-likeness (QED) is 0.620. The molecule has 24 heavy (non-hydrogen) atoms. The predicted octanol–water partition coefficient (Wildman–Crippen LogP) is 3.10. The van der Waals surface area contributed by atoms with Crippen LogP contribution in [0.2, 0.25) is 0 Å². The highest BCUT2D eigenvalue weighted by molar-refractivity contribution is 5.66. The number of rotatable bonds is 11. The molecule has 0 heterocycles. The lowest BCUT2D eigenvalue weighted by Gasteiger charge is -2.09. The monoisotopic (exact) mass is 329 g/mol. The van der Waals surface area contributed by atoms with Gasteiger partial charge in [-0.2, -0.15) is 0 Å². The number of hydrogen-bond acceptors (Lipinski definition) is 4. The average Bonchev–Trinajstić information content (AvgIpc) is 2.60. The number of benzene rings is 2. The van der Waals surface area contributed by atoms with Gasteiger partial charge in [0, 0.05) is 19.5 Å². The van der Waals surface area contributed by atoms with Gasteiger partial charge in [-0.05, 0) is 29.8 Å².